The van der Waals surface area contributed by atoms with Crippen LogP contribution in [0.4, 0.5) is 0 Å². The maximum absolute atomic E-state index is 13.0. The summed E-state index contributed by atoms with van der Waals surface area (Å²) in [6.07, 6.45) is 28.8. The molecule has 0 bridgehead atoms. The largest absolute Gasteiger partial charge is 0.462 e. The van der Waals surface area contributed by atoms with Crippen molar-refractivity contribution in [1.82, 2.24) is 0 Å². The molecular weight excluding hydrogens is 901 g/mol. The first-order valence-corrected chi connectivity index (χ1v) is 27.6. The summed E-state index contributed by atoms with van der Waals surface area (Å²) in [5.41, 5.74) is 0. The van der Waals surface area contributed by atoms with Crippen molar-refractivity contribution in [1.29, 1.82) is 0 Å². The average molecular weight is 999 g/mol. The summed E-state index contributed by atoms with van der Waals surface area (Å²) >= 11 is 0. The highest BCUT2D eigenvalue weighted by Crippen LogP contribution is 2.27. The Morgan fingerprint density at radius 3 is 1.37 bits per heavy atom. The first-order valence-electron chi connectivity index (χ1n) is 27.6. The highest BCUT2D eigenvalue weighted by Gasteiger charge is 2.47. The fraction of sp³-hybridized carbons (Fsp3) is 0.855. The molecule has 0 saturated carbocycles. The Morgan fingerprint density at radius 2 is 0.857 bits per heavy atom. The monoisotopic (exact) mass is 999 g/mol. The third-order valence-corrected chi connectivity index (χ3v) is 13.1. The molecule has 2 saturated heterocycles. The van der Waals surface area contributed by atoms with E-state index in [0.29, 0.717) is 12.8 Å². The molecule has 11 atom stereocenters. The first-order chi connectivity index (χ1) is 34.0. The van der Waals surface area contributed by atoms with E-state index in [0.717, 1.165) is 64.2 Å². The van der Waals surface area contributed by atoms with Crippen molar-refractivity contribution in [3.8, 4) is 0 Å². The van der Waals surface area contributed by atoms with E-state index in [4.69, 9.17) is 28.4 Å². The van der Waals surface area contributed by atoms with Crippen molar-refractivity contribution in [3.05, 3.63) is 36.5 Å². The zero-order valence-corrected chi connectivity index (χ0v) is 43.3. The molecule has 0 aliphatic carbocycles. The lowest BCUT2D eigenvalue weighted by molar-refractivity contribution is -0.332. The molecule has 4 unspecified atom stereocenters. The summed E-state index contributed by atoms with van der Waals surface area (Å²) in [6.45, 7) is 2.56. The van der Waals surface area contributed by atoms with E-state index in [1.165, 1.54) is 103 Å². The number of carbonyl (C=O) groups is 2. The minimum atomic E-state index is -1.77. The van der Waals surface area contributed by atoms with Crippen LogP contribution in [-0.4, -0.2) is 142 Å². The van der Waals surface area contributed by atoms with Gasteiger partial charge in [0, 0.05) is 12.8 Å². The second kappa shape index (κ2) is 42.1. The normalized spacial score (nSPS) is 25.6. The summed E-state index contributed by atoms with van der Waals surface area (Å²) in [4.78, 5) is 25.8. The summed E-state index contributed by atoms with van der Waals surface area (Å²) in [6, 6.07) is 0. The topological polar surface area (TPSA) is 231 Å². The second-order valence-electron chi connectivity index (χ2n) is 19.4. The van der Waals surface area contributed by atoms with Crippen molar-refractivity contribution in [2.45, 2.75) is 274 Å². The van der Waals surface area contributed by atoms with E-state index in [2.05, 4.69) is 50.3 Å². The Balaban J connectivity index is 1.79. The minimum absolute atomic E-state index is 0.163. The van der Waals surface area contributed by atoms with E-state index < -0.39 is 92.7 Å². The van der Waals surface area contributed by atoms with E-state index in [1.54, 1.807) is 0 Å². The van der Waals surface area contributed by atoms with Crippen LogP contribution in [0.2, 0.25) is 0 Å². The summed E-state index contributed by atoms with van der Waals surface area (Å²) in [5.74, 6) is -0.943. The Morgan fingerprint density at radius 1 is 0.457 bits per heavy atom. The highest BCUT2D eigenvalue weighted by atomic mass is 16.7. The van der Waals surface area contributed by atoms with Gasteiger partial charge in [-0.05, 0) is 51.4 Å². The standard InChI is InChI=1S/C55H98O15/c1-3-5-7-9-11-13-15-17-19-21-23-25-27-29-31-33-35-37-46(57)65-40-43(68-47(58)38-36-34-32-30-28-26-24-22-20-18-16-14-12-10-8-6-4-2)41-66-54-53(64)51(62)49(60)45(70-54)42-67-55-52(63)50(61)48(59)44(39-56)69-55/h11,13,17,19,23,25,43-45,48-56,59-64H,3-10,12,14-16,18,20-22,24,26-42H2,1-2H3/b13-11+,19-17+,25-23+/t43-,44+,45+,48-,49-,50?,51?,52?,53?,54+,55+/m0/s1. The van der Waals surface area contributed by atoms with E-state index >= 15 is 0 Å². The van der Waals surface area contributed by atoms with Gasteiger partial charge in [-0.3, -0.25) is 9.59 Å². The molecule has 70 heavy (non-hydrogen) atoms. The minimum Gasteiger partial charge on any atom is -0.462 e. The van der Waals surface area contributed by atoms with E-state index in [9.17, 15) is 45.3 Å². The van der Waals surface area contributed by atoms with Crippen molar-refractivity contribution in [2.75, 3.05) is 26.4 Å². The molecule has 0 aromatic heterocycles. The molecule has 2 fully saturated rings. The molecule has 15 heteroatoms. The van der Waals surface area contributed by atoms with Crippen LogP contribution in [0.25, 0.3) is 0 Å². The number of rotatable bonds is 43. The molecule has 2 rings (SSSR count). The van der Waals surface area contributed by atoms with Gasteiger partial charge in [0.2, 0.25) is 0 Å². The number of allylic oxidation sites excluding steroid dienone is 6. The molecule has 2 heterocycles. The predicted molar refractivity (Wildman–Crippen MR) is 270 cm³/mol. The highest BCUT2D eigenvalue weighted by molar-refractivity contribution is 5.70. The van der Waals surface area contributed by atoms with Crippen LogP contribution in [0.3, 0.4) is 0 Å². The third-order valence-electron chi connectivity index (χ3n) is 13.1. The Labute approximate surface area is 421 Å². The maximum Gasteiger partial charge on any atom is 0.306 e. The molecule has 0 amide bonds. The van der Waals surface area contributed by atoms with Crippen LogP contribution < -0.4 is 0 Å². The van der Waals surface area contributed by atoms with Crippen molar-refractivity contribution in [3.63, 3.8) is 0 Å². The van der Waals surface area contributed by atoms with Gasteiger partial charge < -0.3 is 64.2 Å². The summed E-state index contributed by atoms with van der Waals surface area (Å²) in [5, 5.41) is 72.2. The van der Waals surface area contributed by atoms with Crippen molar-refractivity contribution in [2.24, 2.45) is 0 Å². The van der Waals surface area contributed by atoms with Crippen LogP contribution in [0.5, 0.6) is 0 Å². The van der Waals surface area contributed by atoms with Crippen LogP contribution >= 0.6 is 0 Å². The van der Waals surface area contributed by atoms with Gasteiger partial charge in [0.25, 0.3) is 0 Å². The van der Waals surface area contributed by atoms with Crippen molar-refractivity contribution < 1.29 is 73.8 Å². The maximum atomic E-state index is 13.0. The molecule has 0 aromatic carbocycles. The van der Waals surface area contributed by atoms with E-state index in [-0.39, 0.29) is 26.1 Å². The first kappa shape index (κ1) is 63.8. The molecule has 0 spiro atoms. The molecule has 7 N–H and O–H groups in total. The van der Waals surface area contributed by atoms with Gasteiger partial charge in [0.15, 0.2) is 18.7 Å². The average Bonchev–Trinajstić information content (AvgIpc) is 3.35. The van der Waals surface area contributed by atoms with E-state index in [1.807, 2.05) is 0 Å². The lowest BCUT2D eigenvalue weighted by atomic mass is 9.98. The zero-order valence-electron chi connectivity index (χ0n) is 43.3. The number of esters is 2. The van der Waals surface area contributed by atoms with Gasteiger partial charge in [-0.1, -0.05) is 179 Å². The molecule has 15 nitrogen and oxygen atoms in total. The van der Waals surface area contributed by atoms with Crippen LogP contribution in [0.1, 0.15) is 206 Å². The van der Waals surface area contributed by atoms with Gasteiger partial charge in [0.1, 0.15) is 55.4 Å². The Hall–Kier alpha value is -2.28. The number of unbranched alkanes of at least 4 members (excludes halogenated alkanes) is 23. The molecular formula is C55H98O15. The SMILES string of the molecule is CCCCC/C=C/C/C=C/C/C=C/CCCCCCC(=O)OC[C@@H](CO[C@@H]1O[C@H](CO[C@@H]2O[C@H](CO)[C@H](O)C(O)C2O)[C@H](O)C(O)C1O)OC(=O)CCCCCCCCCCCCCCCCCCC. The van der Waals surface area contributed by atoms with Crippen LogP contribution in [0, 0.1) is 0 Å². The fourth-order valence-corrected chi connectivity index (χ4v) is 8.58. The number of hydrogen-bond donors (Lipinski definition) is 7. The number of aliphatic hydroxyl groups excluding tert-OH is 7. The summed E-state index contributed by atoms with van der Waals surface area (Å²) in [7, 11) is 0. The van der Waals surface area contributed by atoms with Gasteiger partial charge in [-0.15, -0.1) is 0 Å². The number of hydrogen-bond acceptors (Lipinski definition) is 15. The predicted octanol–water partition coefficient (Wildman–Crippen LogP) is 8.49. The Kier molecular flexibility index (Phi) is 38.4. The summed E-state index contributed by atoms with van der Waals surface area (Å²) < 4.78 is 33.6. The number of aliphatic hydroxyl groups is 7. The van der Waals surface area contributed by atoms with Gasteiger partial charge in [-0.2, -0.15) is 0 Å². The van der Waals surface area contributed by atoms with Crippen LogP contribution in [-0.2, 0) is 38.0 Å². The number of carbonyl (C=O) groups excluding carboxylic acids is 2. The van der Waals surface area contributed by atoms with Gasteiger partial charge in [-0.25, -0.2) is 0 Å². The Bertz CT molecular complexity index is 1360. The molecule has 2 aliphatic rings. The molecule has 0 radical (unpaired) electrons. The second-order valence-corrected chi connectivity index (χ2v) is 19.4. The smallest absolute Gasteiger partial charge is 0.306 e. The third kappa shape index (κ3) is 29.4. The van der Waals surface area contributed by atoms with Crippen molar-refractivity contribution >= 4 is 11.9 Å². The zero-order chi connectivity index (χ0) is 51.0. The molecule has 0 aromatic rings. The number of ether oxygens (including phenoxy) is 6. The fourth-order valence-electron chi connectivity index (χ4n) is 8.58. The van der Waals surface area contributed by atoms with Crippen LogP contribution in [0.15, 0.2) is 36.5 Å². The molecule has 2 aliphatic heterocycles. The lowest BCUT2D eigenvalue weighted by Gasteiger charge is -2.42. The lowest BCUT2D eigenvalue weighted by Crippen LogP contribution is -2.61. The molecule has 408 valence electrons. The quantitative estimate of drug-likeness (QED) is 0.0173. The van der Waals surface area contributed by atoms with Gasteiger partial charge in [0.05, 0.1) is 19.8 Å². The van der Waals surface area contributed by atoms with Gasteiger partial charge >= 0.3 is 11.9 Å².